The third kappa shape index (κ3) is 4.26. The van der Waals surface area contributed by atoms with E-state index in [9.17, 15) is 14.9 Å². The normalized spacial score (nSPS) is 14.8. The number of rotatable bonds is 5. The van der Waals surface area contributed by atoms with Crippen molar-refractivity contribution in [2.24, 2.45) is 4.99 Å². The zero-order valence-corrected chi connectivity index (χ0v) is 18.2. The number of nitrogens with zero attached hydrogens (tertiary/aromatic N) is 2. The van der Waals surface area contributed by atoms with Crippen LogP contribution in [0.25, 0.3) is 6.08 Å². The number of non-ortho nitro benzene ring substituents is 1. The SMILES string of the molecule is CCOc1c(Br)cc(/C=C2\N=C(c3ccc([N+](=O)[O-])cc3Cl)OC2=O)cc1Br. The highest BCUT2D eigenvalue weighted by Gasteiger charge is 2.26. The molecule has 0 fully saturated rings. The molecule has 7 nitrogen and oxygen atoms in total. The van der Waals surface area contributed by atoms with Crippen molar-refractivity contribution in [1.29, 1.82) is 0 Å². The summed E-state index contributed by atoms with van der Waals surface area (Å²) in [7, 11) is 0. The van der Waals surface area contributed by atoms with Gasteiger partial charge >= 0.3 is 5.97 Å². The highest BCUT2D eigenvalue weighted by atomic mass is 79.9. The first kappa shape index (κ1) is 20.5. The quantitative estimate of drug-likeness (QED) is 0.220. The van der Waals surface area contributed by atoms with E-state index < -0.39 is 10.9 Å². The molecule has 2 aromatic carbocycles. The molecular formula is C18H11Br2ClN2O5. The summed E-state index contributed by atoms with van der Waals surface area (Å²) < 4.78 is 12.1. The van der Waals surface area contributed by atoms with E-state index in [1.54, 1.807) is 18.2 Å². The molecule has 0 saturated carbocycles. The molecule has 1 aliphatic rings. The summed E-state index contributed by atoms with van der Waals surface area (Å²) in [5.74, 6) is -0.00809. The fourth-order valence-electron chi connectivity index (χ4n) is 2.42. The number of halogens is 3. The van der Waals surface area contributed by atoms with Crippen LogP contribution in [0.2, 0.25) is 5.02 Å². The number of carbonyl (C=O) groups excluding carboxylic acids is 1. The van der Waals surface area contributed by atoms with Crippen LogP contribution in [-0.4, -0.2) is 23.4 Å². The van der Waals surface area contributed by atoms with Crippen LogP contribution in [0.3, 0.4) is 0 Å². The number of carbonyl (C=O) groups is 1. The average molecular weight is 531 g/mol. The first-order valence-electron chi connectivity index (χ1n) is 7.89. The van der Waals surface area contributed by atoms with Gasteiger partial charge in [-0.05, 0) is 68.6 Å². The molecule has 0 spiro atoms. The van der Waals surface area contributed by atoms with Crippen LogP contribution in [0.1, 0.15) is 18.1 Å². The maximum Gasteiger partial charge on any atom is 0.363 e. The Morgan fingerprint density at radius 3 is 2.54 bits per heavy atom. The molecule has 1 aliphatic heterocycles. The second-order valence-electron chi connectivity index (χ2n) is 5.50. The minimum atomic E-state index is -0.648. The molecule has 28 heavy (non-hydrogen) atoms. The summed E-state index contributed by atoms with van der Waals surface area (Å²) in [6, 6.07) is 7.39. The van der Waals surface area contributed by atoms with Crippen molar-refractivity contribution in [2.45, 2.75) is 6.92 Å². The molecule has 0 saturated heterocycles. The van der Waals surface area contributed by atoms with Gasteiger partial charge in [0.15, 0.2) is 5.70 Å². The first-order valence-corrected chi connectivity index (χ1v) is 9.85. The zero-order chi connectivity index (χ0) is 20.4. The molecule has 3 rings (SSSR count). The van der Waals surface area contributed by atoms with E-state index in [-0.39, 0.29) is 27.9 Å². The van der Waals surface area contributed by atoms with Crippen molar-refractivity contribution in [3.8, 4) is 5.75 Å². The largest absolute Gasteiger partial charge is 0.492 e. The molecule has 10 heteroatoms. The standard InChI is InChI=1S/C18H11Br2ClN2O5/c1-2-27-16-12(19)5-9(6-13(16)20)7-15-18(24)28-17(22-15)11-4-3-10(23(25)26)8-14(11)21/h3-8H,2H2,1H3/b15-7-. The highest BCUT2D eigenvalue weighted by molar-refractivity contribution is 9.11. The fourth-order valence-corrected chi connectivity index (χ4v) is 4.12. The van der Waals surface area contributed by atoms with Gasteiger partial charge < -0.3 is 9.47 Å². The number of cyclic esters (lactones) is 1. The molecule has 144 valence electrons. The number of aliphatic imine (C=N–C) groups is 1. The van der Waals surface area contributed by atoms with E-state index in [2.05, 4.69) is 36.9 Å². The number of nitro benzene ring substituents is 1. The summed E-state index contributed by atoms with van der Waals surface area (Å²) in [5.41, 5.74) is 0.887. The molecule has 0 unspecified atom stereocenters. The third-order valence-corrected chi connectivity index (χ3v) is 5.12. The van der Waals surface area contributed by atoms with Crippen LogP contribution >= 0.6 is 43.5 Å². The summed E-state index contributed by atoms with van der Waals surface area (Å²) in [6.45, 7) is 2.39. The van der Waals surface area contributed by atoms with Gasteiger partial charge in [0.1, 0.15) is 5.75 Å². The molecular weight excluding hydrogens is 519 g/mol. The van der Waals surface area contributed by atoms with Crippen molar-refractivity contribution < 1.29 is 19.2 Å². The molecule has 0 aromatic heterocycles. The number of hydrogen-bond donors (Lipinski definition) is 0. The average Bonchev–Trinajstić information content (AvgIpc) is 2.98. The van der Waals surface area contributed by atoms with E-state index in [0.29, 0.717) is 26.9 Å². The Bertz CT molecular complexity index is 1030. The Balaban J connectivity index is 1.95. The molecule has 0 radical (unpaired) electrons. The minimum Gasteiger partial charge on any atom is -0.492 e. The van der Waals surface area contributed by atoms with Crippen LogP contribution < -0.4 is 4.74 Å². The lowest BCUT2D eigenvalue weighted by Crippen LogP contribution is -2.06. The maximum atomic E-state index is 12.2. The van der Waals surface area contributed by atoms with E-state index in [0.717, 1.165) is 0 Å². The minimum absolute atomic E-state index is 0.0137. The summed E-state index contributed by atoms with van der Waals surface area (Å²) in [5, 5.41) is 10.9. The van der Waals surface area contributed by atoms with Crippen molar-refractivity contribution in [3.63, 3.8) is 0 Å². The van der Waals surface area contributed by atoms with Gasteiger partial charge in [0.05, 0.1) is 31.1 Å². The predicted octanol–water partition coefficient (Wildman–Crippen LogP) is 5.52. The van der Waals surface area contributed by atoms with E-state index >= 15 is 0 Å². The Kier molecular flexibility index (Phi) is 6.17. The maximum absolute atomic E-state index is 12.2. The lowest BCUT2D eigenvalue weighted by molar-refractivity contribution is -0.384. The fraction of sp³-hybridized carbons (Fsp3) is 0.111. The molecule has 1 heterocycles. The molecule has 0 aliphatic carbocycles. The summed E-state index contributed by atoms with van der Waals surface area (Å²) in [6.07, 6.45) is 1.56. The lowest BCUT2D eigenvalue weighted by atomic mass is 10.2. The molecule has 0 bridgehead atoms. The van der Waals surface area contributed by atoms with Gasteiger partial charge in [-0.2, -0.15) is 0 Å². The van der Waals surface area contributed by atoms with E-state index in [4.69, 9.17) is 21.1 Å². The first-order chi connectivity index (χ1) is 13.3. The van der Waals surface area contributed by atoms with Crippen LogP contribution in [0.4, 0.5) is 5.69 Å². The van der Waals surface area contributed by atoms with Crippen molar-refractivity contribution >= 4 is 67.1 Å². The van der Waals surface area contributed by atoms with Crippen molar-refractivity contribution in [3.05, 3.63) is 71.2 Å². The predicted molar refractivity (Wildman–Crippen MR) is 112 cm³/mol. The second kappa shape index (κ2) is 8.42. The number of esters is 1. The van der Waals surface area contributed by atoms with Crippen LogP contribution in [0.15, 0.2) is 50.0 Å². The molecule has 0 amide bonds. The van der Waals surface area contributed by atoms with Gasteiger partial charge in [-0.25, -0.2) is 9.79 Å². The summed E-state index contributed by atoms with van der Waals surface area (Å²) in [4.78, 5) is 26.6. The van der Waals surface area contributed by atoms with Crippen molar-refractivity contribution in [1.82, 2.24) is 0 Å². The van der Waals surface area contributed by atoms with Crippen molar-refractivity contribution in [2.75, 3.05) is 6.61 Å². The van der Waals surface area contributed by atoms with Gasteiger partial charge in [-0.1, -0.05) is 11.6 Å². The van der Waals surface area contributed by atoms with Crippen LogP contribution in [0, 0.1) is 10.1 Å². The number of ether oxygens (including phenoxy) is 2. The smallest absolute Gasteiger partial charge is 0.363 e. The number of hydrogen-bond acceptors (Lipinski definition) is 6. The Hall–Kier alpha value is -2.23. The van der Waals surface area contributed by atoms with Crippen LogP contribution in [0.5, 0.6) is 5.75 Å². The summed E-state index contributed by atoms with van der Waals surface area (Å²) >= 11 is 12.9. The van der Waals surface area contributed by atoms with Gasteiger partial charge in [0.25, 0.3) is 5.69 Å². The zero-order valence-electron chi connectivity index (χ0n) is 14.2. The number of benzene rings is 2. The monoisotopic (exact) mass is 528 g/mol. The Morgan fingerprint density at radius 2 is 1.96 bits per heavy atom. The molecule has 2 aromatic rings. The molecule has 0 atom stereocenters. The van der Waals surface area contributed by atoms with Gasteiger partial charge in [-0.3, -0.25) is 10.1 Å². The Labute approximate surface area is 181 Å². The third-order valence-electron chi connectivity index (χ3n) is 3.63. The Morgan fingerprint density at radius 1 is 1.29 bits per heavy atom. The lowest BCUT2D eigenvalue weighted by Gasteiger charge is -2.09. The second-order valence-corrected chi connectivity index (χ2v) is 7.62. The van der Waals surface area contributed by atoms with Gasteiger partial charge in [0, 0.05) is 12.1 Å². The van der Waals surface area contributed by atoms with Gasteiger partial charge in [-0.15, -0.1) is 0 Å². The van der Waals surface area contributed by atoms with E-state index in [1.165, 1.54) is 18.2 Å². The highest BCUT2D eigenvalue weighted by Crippen LogP contribution is 2.36. The van der Waals surface area contributed by atoms with Crippen LogP contribution in [-0.2, 0) is 9.53 Å². The topological polar surface area (TPSA) is 91.0 Å². The molecule has 0 N–H and O–H groups in total. The number of nitro groups is 1. The van der Waals surface area contributed by atoms with E-state index in [1.807, 2.05) is 6.92 Å². The van der Waals surface area contributed by atoms with Gasteiger partial charge in [0.2, 0.25) is 5.90 Å².